The zero-order valence-corrected chi connectivity index (χ0v) is 7.80. The van der Waals surface area contributed by atoms with E-state index in [2.05, 4.69) is 18.2 Å². The Bertz CT molecular complexity index is 234. The SMILES string of the molecule is C=C(C)/C=C(/CC)C(=C)N=CN. The van der Waals surface area contributed by atoms with Crippen molar-refractivity contribution in [2.24, 2.45) is 10.7 Å². The molecule has 0 aromatic carbocycles. The Morgan fingerprint density at radius 2 is 2.08 bits per heavy atom. The fourth-order valence-electron chi connectivity index (χ4n) is 0.860. The van der Waals surface area contributed by atoms with Gasteiger partial charge in [0.05, 0.1) is 12.0 Å². The van der Waals surface area contributed by atoms with Crippen LogP contribution in [-0.2, 0) is 0 Å². The molecule has 0 rings (SSSR count). The van der Waals surface area contributed by atoms with Crippen LogP contribution in [0.15, 0.2) is 41.1 Å². The summed E-state index contributed by atoms with van der Waals surface area (Å²) in [5.41, 5.74) is 7.94. The highest BCUT2D eigenvalue weighted by Crippen LogP contribution is 2.14. The first kappa shape index (κ1) is 10.7. The number of aliphatic imine (C=N–C) groups is 1. The molecule has 0 saturated carbocycles. The lowest BCUT2D eigenvalue weighted by atomic mass is 10.1. The standard InChI is InChI=1S/C10H16N2/c1-5-10(6-8(2)3)9(4)12-7-11/h6-7H,2,4-5H2,1,3H3,(H2,11,12)/b10-6-. The minimum atomic E-state index is 0.711. The average molecular weight is 164 g/mol. The molecule has 2 N–H and O–H groups in total. The molecule has 2 nitrogen and oxygen atoms in total. The Kier molecular flexibility index (Phi) is 4.77. The van der Waals surface area contributed by atoms with Crippen LogP contribution in [0.4, 0.5) is 0 Å². The first-order valence-corrected chi connectivity index (χ1v) is 3.91. The molecule has 0 atom stereocenters. The normalized spacial score (nSPS) is 12.0. The van der Waals surface area contributed by atoms with Gasteiger partial charge in [-0.1, -0.05) is 31.7 Å². The van der Waals surface area contributed by atoms with E-state index in [0.717, 1.165) is 17.6 Å². The number of hydrogen-bond acceptors (Lipinski definition) is 1. The predicted octanol–water partition coefficient (Wildman–Crippen LogP) is 2.40. The van der Waals surface area contributed by atoms with E-state index in [-0.39, 0.29) is 0 Å². The molecule has 0 amide bonds. The lowest BCUT2D eigenvalue weighted by molar-refractivity contribution is 1.09. The van der Waals surface area contributed by atoms with E-state index in [1.165, 1.54) is 6.34 Å². The second-order valence-electron chi connectivity index (χ2n) is 2.59. The van der Waals surface area contributed by atoms with Crippen LogP contribution in [0.1, 0.15) is 20.3 Å². The van der Waals surface area contributed by atoms with Gasteiger partial charge in [-0.05, 0) is 18.9 Å². The molecule has 0 radical (unpaired) electrons. The molecule has 0 aliphatic rings. The van der Waals surface area contributed by atoms with E-state index in [0.29, 0.717) is 5.70 Å². The molecular weight excluding hydrogens is 148 g/mol. The third-order valence-corrected chi connectivity index (χ3v) is 1.40. The van der Waals surface area contributed by atoms with Gasteiger partial charge in [-0.3, -0.25) is 0 Å². The summed E-state index contributed by atoms with van der Waals surface area (Å²) >= 11 is 0. The fraction of sp³-hybridized carbons (Fsp3) is 0.300. The quantitative estimate of drug-likeness (QED) is 0.387. The maximum atomic E-state index is 5.15. The molecular formula is C10H16N2. The summed E-state index contributed by atoms with van der Waals surface area (Å²) < 4.78 is 0. The summed E-state index contributed by atoms with van der Waals surface area (Å²) in [6.45, 7) is 11.6. The molecule has 0 unspecified atom stereocenters. The Morgan fingerprint density at radius 1 is 1.50 bits per heavy atom. The molecule has 12 heavy (non-hydrogen) atoms. The highest BCUT2D eigenvalue weighted by atomic mass is 14.8. The summed E-state index contributed by atoms with van der Waals surface area (Å²) in [6.07, 6.45) is 4.11. The van der Waals surface area contributed by atoms with E-state index >= 15 is 0 Å². The van der Waals surface area contributed by atoms with Crippen LogP contribution < -0.4 is 5.73 Å². The third kappa shape index (κ3) is 3.76. The van der Waals surface area contributed by atoms with Gasteiger partial charge in [0.15, 0.2) is 0 Å². The monoisotopic (exact) mass is 164 g/mol. The highest BCUT2D eigenvalue weighted by molar-refractivity contribution is 5.55. The molecule has 0 aromatic rings. The molecule has 2 heteroatoms. The van der Waals surface area contributed by atoms with Crippen LogP contribution >= 0.6 is 0 Å². The van der Waals surface area contributed by atoms with Crippen molar-refractivity contribution in [3.05, 3.63) is 36.1 Å². The highest BCUT2D eigenvalue weighted by Gasteiger charge is 1.96. The zero-order valence-electron chi connectivity index (χ0n) is 7.80. The second kappa shape index (κ2) is 5.35. The number of nitrogens with two attached hydrogens (primary N) is 1. The molecule has 66 valence electrons. The lowest BCUT2D eigenvalue weighted by Crippen LogP contribution is -1.91. The van der Waals surface area contributed by atoms with Gasteiger partial charge in [0.25, 0.3) is 0 Å². The molecule has 0 aliphatic heterocycles. The van der Waals surface area contributed by atoms with Crippen molar-refractivity contribution in [2.45, 2.75) is 20.3 Å². The van der Waals surface area contributed by atoms with Crippen molar-refractivity contribution in [1.82, 2.24) is 0 Å². The summed E-state index contributed by atoms with van der Waals surface area (Å²) in [5.74, 6) is 0. The minimum Gasteiger partial charge on any atom is -0.390 e. The lowest BCUT2D eigenvalue weighted by Gasteiger charge is -2.02. The van der Waals surface area contributed by atoms with Gasteiger partial charge in [-0.15, -0.1) is 0 Å². The van der Waals surface area contributed by atoms with Crippen molar-refractivity contribution in [2.75, 3.05) is 0 Å². The number of allylic oxidation sites excluding steroid dienone is 3. The van der Waals surface area contributed by atoms with Gasteiger partial charge >= 0.3 is 0 Å². The largest absolute Gasteiger partial charge is 0.390 e. The van der Waals surface area contributed by atoms with E-state index in [1.807, 2.05) is 19.9 Å². The van der Waals surface area contributed by atoms with Gasteiger partial charge in [0, 0.05) is 0 Å². The Labute approximate surface area is 74.2 Å². The van der Waals surface area contributed by atoms with Gasteiger partial charge in [-0.2, -0.15) is 0 Å². The summed E-state index contributed by atoms with van der Waals surface area (Å²) in [4.78, 5) is 3.90. The van der Waals surface area contributed by atoms with Crippen molar-refractivity contribution in [3.8, 4) is 0 Å². The average Bonchev–Trinajstić information content (AvgIpc) is 2.00. The van der Waals surface area contributed by atoms with Crippen LogP contribution in [0.3, 0.4) is 0 Å². The van der Waals surface area contributed by atoms with Gasteiger partial charge < -0.3 is 5.73 Å². The Hall–Kier alpha value is -1.31. The van der Waals surface area contributed by atoms with E-state index in [4.69, 9.17) is 5.73 Å². The van der Waals surface area contributed by atoms with Crippen molar-refractivity contribution < 1.29 is 0 Å². The first-order valence-electron chi connectivity index (χ1n) is 3.91. The third-order valence-electron chi connectivity index (χ3n) is 1.40. The second-order valence-corrected chi connectivity index (χ2v) is 2.59. The summed E-state index contributed by atoms with van der Waals surface area (Å²) in [5, 5.41) is 0. The van der Waals surface area contributed by atoms with Crippen LogP contribution in [0.5, 0.6) is 0 Å². The summed E-state index contributed by atoms with van der Waals surface area (Å²) in [6, 6.07) is 0. The minimum absolute atomic E-state index is 0.711. The molecule has 0 saturated heterocycles. The van der Waals surface area contributed by atoms with Crippen molar-refractivity contribution in [1.29, 1.82) is 0 Å². The molecule has 0 bridgehead atoms. The topological polar surface area (TPSA) is 38.4 Å². The van der Waals surface area contributed by atoms with Gasteiger partial charge in [-0.25, -0.2) is 4.99 Å². The van der Waals surface area contributed by atoms with Gasteiger partial charge in [0.1, 0.15) is 0 Å². The van der Waals surface area contributed by atoms with E-state index in [1.54, 1.807) is 0 Å². The molecule has 0 heterocycles. The van der Waals surface area contributed by atoms with E-state index in [9.17, 15) is 0 Å². The van der Waals surface area contributed by atoms with Crippen LogP contribution in [0, 0.1) is 0 Å². The van der Waals surface area contributed by atoms with Crippen LogP contribution in [-0.4, -0.2) is 6.34 Å². The molecule has 0 spiro atoms. The van der Waals surface area contributed by atoms with E-state index < -0.39 is 0 Å². The molecule has 0 aromatic heterocycles. The maximum Gasteiger partial charge on any atom is 0.0860 e. The van der Waals surface area contributed by atoms with Crippen molar-refractivity contribution >= 4 is 6.34 Å². The maximum absolute atomic E-state index is 5.15. The number of rotatable bonds is 4. The Morgan fingerprint density at radius 3 is 2.42 bits per heavy atom. The fourth-order valence-corrected chi connectivity index (χ4v) is 0.860. The predicted molar refractivity (Wildman–Crippen MR) is 55.0 cm³/mol. The number of hydrogen-bond donors (Lipinski definition) is 1. The smallest absolute Gasteiger partial charge is 0.0860 e. The first-order chi connectivity index (χ1) is 5.61. The van der Waals surface area contributed by atoms with Crippen LogP contribution in [0.25, 0.3) is 0 Å². The zero-order chi connectivity index (χ0) is 9.56. The summed E-state index contributed by atoms with van der Waals surface area (Å²) in [7, 11) is 0. The Balaban J connectivity index is 4.56. The number of nitrogens with zero attached hydrogens (tertiary/aromatic N) is 1. The van der Waals surface area contributed by atoms with Crippen LogP contribution in [0.2, 0.25) is 0 Å². The van der Waals surface area contributed by atoms with Gasteiger partial charge in [0.2, 0.25) is 0 Å². The van der Waals surface area contributed by atoms with Crippen molar-refractivity contribution in [3.63, 3.8) is 0 Å². The molecule has 0 fully saturated rings. The molecule has 0 aliphatic carbocycles.